The van der Waals surface area contributed by atoms with Crippen molar-refractivity contribution in [3.63, 3.8) is 0 Å². The van der Waals surface area contributed by atoms with Crippen LogP contribution >= 0.6 is 0 Å². The number of benzene rings is 3. The molecule has 0 saturated heterocycles. The molecular formula is C51H68N4O13. The molecule has 0 aliphatic carbocycles. The third-order valence-electron chi connectivity index (χ3n) is 10.5. The number of methoxy groups -OCH3 is 1. The fraction of sp³-hybridized carbons (Fsp3) is 0.510. The van der Waals surface area contributed by atoms with Gasteiger partial charge in [-0.25, -0.2) is 14.4 Å². The molecule has 1 aliphatic heterocycles. The van der Waals surface area contributed by atoms with Crippen molar-refractivity contribution in [2.24, 2.45) is 11.8 Å². The summed E-state index contributed by atoms with van der Waals surface area (Å²) >= 11 is 0. The summed E-state index contributed by atoms with van der Waals surface area (Å²) < 4.78 is 34.0. The summed E-state index contributed by atoms with van der Waals surface area (Å²) in [7, 11) is 2.66. The highest BCUT2D eigenvalue weighted by Gasteiger charge is 2.37. The lowest BCUT2D eigenvalue weighted by molar-refractivity contribution is -0.151. The van der Waals surface area contributed by atoms with E-state index in [-0.39, 0.29) is 52.0 Å². The van der Waals surface area contributed by atoms with Gasteiger partial charge in [-0.15, -0.1) is 0 Å². The molecule has 4 rings (SSSR count). The topological polar surface area (TPSA) is 214 Å². The molecule has 0 saturated carbocycles. The molecule has 17 nitrogen and oxygen atoms in total. The van der Waals surface area contributed by atoms with Crippen LogP contribution in [-0.4, -0.2) is 104 Å². The average molecular weight is 945 g/mol. The Balaban J connectivity index is 1.82. The quantitative estimate of drug-likeness (QED) is 0.0706. The largest absolute Gasteiger partial charge is 0.493 e. The van der Waals surface area contributed by atoms with E-state index in [2.05, 4.69) is 16.0 Å². The molecule has 0 radical (unpaired) electrons. The van der Waals surface area contributed by atoms with E-state index < -0.39 is 76.8 Å². The first kappa shape index (κ1) is 54.0. The van der Waals surface area contributed by atoms with Crippen LogP contribution in [0.15, 0.2) is 66.7 Å². The fourth-order valence-corrected chi connectivity index (χ4v) is 7.34. The number of Topliss-reactive ketones (excluding diaryl/α,β-unsaturated/α-hetero) is 1. The van der Waals surface area contributed by atoms with Crippen LogP contribution in [0.2, 0.25) is 0 Å². The molecule has 4 bridgehead atoms. The molecular weight excluding hydrogens is 877 g/mol. The minimum Gasteiger partial charge on any atom is -0.493 e. The Kier molecular flexibility index (Phi) is 19.8. The minimum absolute atomic E-state index is 0.0193. The summed E-state index contributed by atoms with van der Waals surface area (Å²) in [6, 6.07) is 16.9. The number of carbonyl (C=O) groups excluding carboxylic acids is 7. The molecule has 0 aromatic heterocycles. The van der Waals surface area contributed by atoms with Gasteiger partial charge in [-0.1, -0.05) is 56.3 Å². The summed E-state index contributed by atoms with van der Waals surface area (Å²) in [5, 5.41) is 8.09. The number of carbonyl (C=O) groups is 7. The van der Waals surface area contributed by atoms with E-state index in [4.69, 9.17) is 28.4 Å². The van der Waals surface area contributed by atoms with Crippen LogP contribution in [-0.2, 0) is 55.9 Å². The monoisotopic (exact) mass is 944 g/mol. The van der Waals surface area contributed by atoms with E-state index in [0.717, 1.165) is 5.56 Å². The van der Waals surface area contributed by atoms with Crippen molar-refractivity contribution in [2.45, 2.75) is 117 Å². The summed E-state index contributed by atoms with van der Waals surface area (Å²) in [6.07, 6.45) is -1.40. The maximum atomic E-state index is 14.9. The van der Waals surface area contributed by atoms with Gasteiger partial charge in [-0.3, -0.25) is 19.2 Å². The van der Waals surface area contributed by atoms with E-state index in [1.807, 2.05) is 25.1 Å². The molecule has 1 heterocycles. The van der Waals surface area contributed by atoms with Gasteiger partial charge in [0.25, 0.3) is 0 Å². The van der Waals surface area contributed by atoms with Crippen molar-refractivity contribution >= 4 is 41.7 Å². The smallest absolute Gasteiger partial charge is 0.407 e. The van der Waals surface area contributed by atoms with Crippen molar-refractivity contribution in [1.82, 2.24) is 20.9 Å². The Morgan fingerprint density at radius 3 is 2.01 bits per heavy atom. The second-order valence-corrected chi connectivity index (χ2v) is 18.7. The maximum Gasteiger partial charge on any atom is 0.407 e. The number of nitrogens with one attached hydrogen (secondary N) is 3. The average Bonchev–Trinajstić information content (AvgIpc) is 3.27. The van der Waals surface area contributed by atoms with Crippen LogP contribution in [0.5, 0.6) is 11.5 Å². The zero-order chi connectivity index (χ0) is 50.2. The van der Waals surface area contributed by atoms with Gasteiger partial charge in [-0.05, 0) is 95.3 Å². The van der Waals surface area contributed by atoms with Gasteiger partial charge >= 0.3 is 24.1 Å². The highest BCUT2D eigenvalue weighted by molar-refractivity contribution is 5.95. The van der Waals surface area contributed by atoms with E-state index >= 15 is 0 Å². The highest BCUT2D eigenvalue weighted by atomic mass is 16.6. The molecule has 68 heavy (non-hydrogen) atoms. The third kappa shape index (κ3) is 16.9. The van der Waals surface area contributed by atoms with E-state index in [1.54, 1.807) is 97.0 Å². The maximum absolute atomic E-state index is 14.9. The Hall–Kier alpha value is -6.65. The lowest BCUT2D eigenvalue weighted by atomic mass is 9.89. The molecule has 0 unspecified atom stereocenters. The summed E-state index contributed by atoms with van der Waals surface area (Å²) in [6.45, 7) is 14.3. The number of ketones is 1. The van der Waals surface area contributed by atoms with Crippen molar-refractivity contribution in [2.75, 3.05) is 40.5 Å². The van der Waals surface area contributed by atoms with Crippen molar-refractivity contribution < 1.29 is 62.0 Å². The molecule has 0 spiro atoms. The third-order valence-corrected chi connectivity index (χ3v) is 10.5. The predicted molar refractivity (Wildman–Crippen MR) is 253 cm³/mol. The molecule has 3 aromatic carbocycles. The van der Waals surface area contributed by atoms with E-state index in [0.29, 0.717) is 46.8 Å². The predicted octanol–water partition coefficient (Wildman–Crippen LogP) is 7.02. The number of nitrogens with zero attached hydrogens (tertiary/aromatic N) is 1. The highest BCUT2D eigenvalue weighted by Crippen LogP contribution is 2.41. The minimum atomic E-state index is -1.32. The number of hydrogen-bond donors (Lipinski definition) is 3. The van der Waals surface area contributed by atoms with Gasteiger partial charge in [0.2, 0.25) is 11.8 Å². The first-order valence-corrected chi connectivity index (χ1v) is 22.9. The normalized spacial score (nSPS) is 16.7. The second kappa shape index (κ2) is 24.9. The van der Waals surface area contributed by atoms with Crippen LogP contribution in [0.1, 0.15) is 104 Å². The molecule has 4 atom stereocenters. The number of esters is 2. The number of alkyl carbamates (subject to hydrolysis) is 2. The van der Waals surface area contributed by atoms with E-state index in [9.17, 15) is 33.6 Å². The Bertz CT molecular complexity index is 2230. The van der Waals surface area contributed by atoms with Gasteiger partial charge in [0, 0.05) is 43.5 Å². The molecule has 3 aromatic rings. The van der Waals surface area contributed by atoms with Crippen molar-refractivity contribution in [3.05, 3.63) is 83.4 Å². The number of fused-ring (bicyclic) bond motifs is 5. The van der Waals surface area contributed by atoms with Crippen LogP contribution in [0, 0.1) is 11.8 Å². The van der Waals surface area contributed by atoms with Crippen LogP contribution < -0.4 is 25.4 Å². The fourth-order valence-electron chi connectivity index (χ4n) is 7.34. The second-order valence-electron chi connectivity index (χ2n) is 18.7. The zero-order valence-corrected chi connectivity index (χ0v) is 41.0. The Labute approximate surface area is 399 Å². The number of likely N-dealkylation sites (N-methyl/N-ethyl adjacent to an activating group) is 1. The van der Waals surface area contributed by atoms with Crippen molar-refractivity contribution in [3.8, 4) is 22.6 Å². The first-order chi connectivity index (χ1) is 32.1. The molecule has 370 valence electrons. The summed E-state index contributed by atoms with van der Waals surface area (Å²) in [4.78, 5) is 96.3. The molecule has 17 heteroatoms. The summed E-state index contributed by atoms with van der Waals surface area (Å²) in [5.41, 5.74) is 1.20. The van der Waals surface area contributed by atoms with E-state index in [1.165, 1.54) is 19.1 Å². The number of hydrogen-bond acceptors (Lipinski definition) is 13. The standard InChI is InChI=1S/C51H68N4O13/c1-11-24-64-42-20-18-35-29-38(42)37-27-34(17-19-41(37)65-25-23-53-49(62)68-51(6,7)8)28-39(47(60)63-10)54-45(58)32(2)26-40(56)44(35)55(9)46(59)36(21-22-52-48(61)67-50(3,4)5)30-43(57)66-31-33-15-13-12-14-16-33/h12-20,27,29,32,36,39,44H,11,21-26,28,30-31H2,1-10H3,(H,52,61)(H,53,62)(H,54,58)/t32-,36-,39+,44+/m1/s1. The van der Waals surface area contributed by atoms with Crippen LogP contribution in [0.25, 0.3) is 11.1 Å². The number of amides is 4. The lowest BCUT2D eigenvalue weighted by Crippen LogP contribution is -2.46. The van der Waals surface area contributed by atoms with Crippen molar-refractivity contribution in [1.29, 1.82) is 0 Å². The molecule has 1 aliphatic rings. The van der Waals surface area contributed by atoms with Gasteiger partial charge < -0.3 is 49.3 Å². The Morgan fingerprint density at radius 2 is 1.40 bits per heavy atom. The van der Waals surface area contributed by atoms with Gasteiger partial charge in [0.05, 0.1) is 32.6 Å². The summed E-state index contributed by atoms with van der Waals surface area (Å²) in [5.74, 6) is -4.35. The zero-order valence-electron chi connectivity index (χ0n) is 41.0. The molecule has 0 fully saturated rings. The van der Waals surface area contributed by atoms with Gasteiger partial charge in [0.15, 0.2) is 5.78 Å². The SMILES string of the molecule is CCCOc1ccc2cc1-c1cc(ccc1OCCNC(=O)OC(C)(C)C)C[C@@H](C(=O)OC)NC(=O)[C@H](C)CC(=O)[C@H]2N(C)C(=O)[C@H](CCNC(=O)OC(C)(C)C)CC(=O)OCc1ccccc1. The number of ether oxygens (including phenoxy) is 6. The molecule has 4 amide bonds. The van der Waals surface area contributed by atoms with Gasteiger partial charge in [-0.2, -0.15) is 0 Å². The Morgan fingerprint density at radius 1 is 0.794 bits per heavy atom. The lowest BCUT2D eigenvalue weighted by Gasteiger charge is -2.32. The molecule has 3 N–H and O–H groups in total. The van der Waals surface area contributed by atoms with Crippen LogP contribution in [0.3, 0.4) is 0 Å². The first-order valence-electron chi connectivity index (χ1n) is 22.9. The van der Waals surface area contributed by atoms with Gasteiger partial charge in [0.1, 0.15) is 48.0 Å². The number of rotatable bonds is 17. The van der Waals surface area contributed by atoms with Crippen LogP contribution in [0.4, 0.5) is 9.59 Å².